The summed E-state index contributed by atoms with van der Waals surface area (Å²) in [5.41, 5.74) is 2.50. The van der Waals surface area contributed by atoms with Crippen molar-refractivity contribution in [3.63, 3.8) is 0 Å². The van der Waals surface area contributed by atoms with Crippen LogP contribution in [-0.2, 0) is 0 Å². The summed E-state index contributed by atoms with van der Waals surface area (Å²) < 4.78 is 0. The number of hydrogen-bond donors (Lipinski definition) is 2. The molecule has 6 nitrogen and oxygen atoms in total. The van der Waals surface area contributed by atoms with Gasteiger partial charge in [-0.25, -0.2) is 0 Å². The van der Waals surface area contributed by atoms with E-state index in [1.807, 2.05) is 9.80 Å². The van der Waals surface area contributed by atoms with Crippen LogP contribution < -0.4 is 0 Å². The van der Waals surface area contributed by atoms with Gasteiger partial charge in [0.05, 0.1) is 13.3 Å². The lowest BCUT2D eigenvalue weighted by Gasteiger charge is -2.17. The molecule has 0 aromatic carbocycles. The van der Waals surface area contributed by atoms with E-state index in [0.29, 0.717) is 13.3 Å². The SMILES string of the molecule is CC(O)N1CN=C(CCCCCCCCC2=NCN(C(C)O)C2)C1. The first kappa shape index (κ1) is 19.5. The van der Waals surface area contributed by atoms with E-state index in [1.54, 1.807) is 13.8 Å². The van der Waals surface area contributed by atoms with Crippen LogP contribution in [0.4, 0.5) is 0 Å². The normalized spacial score (nSPS) is 21.8. The third-order valence-electron chi connectivity index (χ3n) is 4.96. The second-order valence-electron chi connectivity index (χ2n) is 7.11. The van der Waals surface area contributed by atoms with Gasteiger partial charge in [-0.15, -0.1) is 0 Å². The number of nitrogens with zero attached hydrogens (tertiary/aromatic N) is 4. The second kappa shape index (κ2) is 10.2. The molecule has 2 aliphatic rings. The average Bonchev–Trinajstić information content (AvgIpc) is 3.19. The van der Waals surface area contributed by atoms with E-state index in [4.69, 9.17) is 0 Å². The molecule has 2 heterocycles. The Morgan fingerprint density at radius 2 is 1.12 bits per heavy atom. The van der Waals surface area contributed by atoms with Crippen molar-refractivity contribution in [2.45, 2.75) is 77.7 Å². The minimum Gasteiger partial charge on any atom is -0.379 e. The maximum atomic E-state index is 9.51. The molecule has 2 atom stereocenters. The Labute approximate surface area is 146 Å². The number of rotatable bonds is 11. The molecule has 2 unspecified atom stereocenters. The fourth-order valence-corrected chi connectivity index (χ4v) is 3.23. The predicted octanol–water partition coefficient (Wildman–Crippen LogP) is 2.21. The Hall–Kier alpha value is -0.820. The van der Waals surface area contributed by atoms with Gasteiger partial charge >= 0.3 is 0 Å². The van der Waals surface area contributed by atoms with Crippen molar-refractivity contribution < 1.29 is 10.2 Å². The molecule has 0 amide bonds. The van der Waals surface area contributed by atoms with Gasteiger partial charge in [-0.05, 0) is 39.5 Å². The first-order valence-corrected chi connectivity index (χ1v) is 9.45. The molecule has 0 aromatic heterocycles. The maximum absolute atomic E-state index is 9.51. The predicted molar refractivity (Wildman–Crippen MR) is 98.3 cm³/mol. The largest absolute Gasteiger partial charge is 0.379 e. The quantitative estimate of drug-likeness (QED) is 0.567. The maximum Gasteiger partial charge on any atom is 0.106 e. The lowest BCUT2D eigenvalue weighted by atomic mass is 10.1. The Bertz CT molecular complexity index is 395. The van der Waals surface area contributed by atoms with Crippen molar-refractivity contribution in [3.8, 4) is 0 Å². The van der Waals surface area contributed by atoms with Gasteiger partial charge in [0.25, 0.3) is 0 Å². The van der Waals surface area contributed by atoms with Crippen LogP contribution in [0, 0.1) is 0 Å². The van der Waals surface area contributed by atoms with Gasteiger partial charge in [-0.3, -0.25) is 19.8 Å². The Morgan fingerprint density at radius 3 is 1.46 bits per heavy atom. The molecule has 0 bridgehead atoms. The van der Waals surface area contributed by atoms with Gasteiger partial charge in [0.2, 0.25) is 0 Å². The highest BCUT2D eigenvalue weighted by Gasteiger charge is 2.19. The second-order valence-corrected chi connectivity index (χ2v) is 7.11. The Balaban J connectivity index is 1.40. The standard InChI is InChI=1S/C18H34N4O2/c1-15(23)21-11-17(19-13-21)9-7-5-3-4-6-8-10-18-12-22(14-20-18)16(2)24/h15-16,23-24H,3-14H2,1-2H3. The van der Waals surface area contributed by atoms with Crippen LogP contribution in [-0.4, -0.2) is 70.3 Å². The molecular formula is C18H34N4O2. The summed E-state index contributed by atoms with van der Waals surface area (Å²) in [6, 6.07) is 0. The zero-order valence-electron chi connectivity index (χ0n) is 15.3. The van der Waals surface area contributed by atoms with E-state index in [9.17, 15) is 10.2 Å². The Kier molecular flexibility index (Phi) is 8.32. The third-order valence-corrected chi connectivity index (χ3v) is 4.96. The minimum atomic E-state index is -0.386. The minimum absolute atomic E-state index is 0.386. The van der Waals surface area contributed by atoms with Crippen molar-refractivity contribution in [1.82, 2.24) is 9.80 Å². The van der Waals surface area contributed by atoms with Crippen molar-refractivity contribution in [2.75, 3.05) is 26.4 Å². The fraction of sp³-hybridized carbons (Fsp3) is 0.889. The number of aliphatic hydroxyl groups excluding tert-OH is 2. The zero-order valence-corrected chi connectivity index (χ0v) is 15.3. The van der Waals surface area contributed by atoms with Crippen LogP contribution in [0.3, 0.4) is 0 Å². The zero-order chi connectivity index (χ0) is 17.4. The summed E-state index contributed by atoms with van der Waals surface area (Å²) in [4.78, 5) is 13.0. The smallest absolute Gasteiger partial charge is 0.106 e. The van der Waals surface area contributed by atoms with Crippen LogP contribution in [0.15, 0.2) is 9.98 Å². The molecule has 0 aromatic rings. The Morgan fingerprint density at radius 1 is 0.750 bits per heavy atom. The molecule has 2 rings (SSSR count). The highest BCUT2D eigenvalue weighted by molar-refractivity contribution is 5.88. The molecule has 0 fully saturated rings. The monoisotopic (exact) mass is 338 g/mol. The van der Waals surface area contributed by atoms with Crippen LogP contribution in [0.5, 0.6) is 0 Å². The van der Waals surface area contributed by atoms with Crippen molar-refractivity contribution in [3.05, 3.63) is 0 Å². The number of aliphatic imine (C=N–C) groups is 2. The van der Waals surface area contributed by atoms with E-state index in [0.717, 1.165) is 25.9 Å². The summed E-state index contributed by atoms with van der Waals surface area (Å²) in [6.07, 6.45) is 8.93. The van der Waals surface area contributed by atoms with E-state index in [2.05, 4.69) is 9.98 Å². The van der Waals surface area contributed by atoms with E-state index in [-0.39, 0.29) is 12.5 Å². The molecule has 0 spiro atoms. The van der Waals surface area contributed by atoms with Gasteiger partial charge < -0.3 is 10.2 Å². The van der Waals surface area contributed by atoms with Gasteiger partial charge in [0.1, 0.15) is 12.5 Å². The van der Waals surface area contributed by atoms with Crippen molar-refractivity contribution in [2.24, 2.45) is 9.98 Å². The van der Waals surface area contributed by atoms with E-state index in [1.165, 1.54) is 49.9 Å². The van der Waals surface area contributed by atoms with Gasteiger partial charge in [-0.1, -0.05) is 25.7 Å². The van der Waals surface area contributed by atoms with Crippen molar-refractivity contribution in [1.29, 1.82) is 0 Å². The number of aliphatic hydroxyl groups is 2. The van der Waals surface area contributed by atoms with Crippen LogP contribution in [0.2, 0.25) is 0 Å². The molecule has 6 heteroatoms. The summed E-state index contributed by atoms with van der Waals surface area (Å²) in [5, 5.41) is 19.0. The highest BCUT2D eigenvalue weighted by Crippen LogP contribution is 2.14. The summed E-state index contributed by atoms with van der Waals surface area (Å²) >= 11 is 0. The number of hydrogen-bond acceptors (Lipinski definition) is 6. The van der Waals surface area contributed by atoms with E-state index < -0.39 is 0 Å². The lowest BCUT2D eigenvalue weighted by Crippen LogP contribution is -2.32. The molecule has 2 aliphatic heterocycles. The first-order chi connectivity index (χ1) is 11.6. The summed E-state index contributed by atoms with van der Waals surface area (Å²) in [6.45, 7) is 6.59. The fourth-order valence-electron chi connectivity index (χ4n) is 3.23. The molecule has 138 valence electrons. The summed E-state index contributed by atoms with van der Waals surface area (Å²) in [5.74, 6) is 0. The molecule has 0 radical (unpaired) electrons. The van der Waals surface area contributed by atoms with Crippen LogP contribution in [0.1, 0.15) is 65.2 Å². The molecular weight excluding hydrogens is 304 g/mol. The third kappa shape index (κ3) is 6.59. The molecule has 0 saturated heterocycles. The van der Waals surface area contributed by atoms with Gasteiger partial charge in [-0.2, -0.15) is 0 Å². The van der Waals surface area contributed by atoms with Gasteiger partial charge in [0, 0.05) is 24.5 Å². The van der Waals surface area contributed by atoms with Crippen molar-refractivity contribution >= 4 is 11.4 Å². The van der Waals surface area contributed by atoms with E-state index >= 15 is 0 Å². The van der Waals surface area contributed by atoms with Gasteiger partial charge in [0.15, 0.2) is 0 Å². The molecule has 24 heavy (non-hydrogen) atoms. The highest BCUT2D eigenvalue weighted by atomic mass is 16.3. The van der Waals surface area contributed by atoms with Crippen LogP contribution in [0.25, 0.3) is 0 Å². The molecule has 0 aliphatic carbocycles. The van der Waals surface area contributed by atoms with Crippen LogP contribution >= 0.6 is 0 Å². The average molecular weight is 338 g/mol. The number of unbranched alkanes of at least 4 members (excludes halogenated alkanes) is 5. The summed E-state index contributed by atoms with van der Waals surface area (Å²) in [7, 11) is 0. The first-order valence-electron chi connectivity index (χ1n) is 9.45. The molecule has 2 N–H and O–H groups in total. The lowest BCUT2D eigenvalue weighted by molar-refractivity contribution is 0.0379. The molecule has 0 saturated carbocycles. The topological polar surface area (TPSA) is 71.7 Å².